The SMILES string of the molecule is Cc1cc2nc3c(c(=O)n2[nH]1)CCN(Cc1cccc(OC(C)C)c1)CC3.Cl. The Morgan fingerprint density at radius 2 is 2.00 bits per heavy atom. The number of rotatable bonds is 4. The first kappa shape index (κ1) is 20.4. The second-order valence-electron chi connectivity index (χ2n) is 7.57. The van der Waals surface area contributed by atoms with Gasteiger partial charge in [0, 0.05) is 43.4 Å². The molecule has 28 heavy (non-hydrogen) atoms. The number of aromatic amines is 1. The molecule has 0 bridgehead atoms. The number of ether oxygens (including phenoxy) is 1. The van der Waals surface area contributed by atoms with Crippen molar-refractivity contribution in [2.45, 2.75) is 46.3 Å². The molecule has 3 aromatic rings. The Balaban J connectivity index is 0.00000225. The molecule has 0 saturated heterocycles. The van der Waals surface area contributed by atoms with Crippen LogP contribution in [-0.2, 0) is 19.4 Å². The van der Waals surface area contributed by atoms with Crippen molar-refractivity contribution in [2.75, 3.05) is 13.1 Å². The summed E-state index contributed by atoms with van der Waals surface area (Å²) >= 11 is 0. The van der Waals surface area contributed by atoms with Crippen molar-refractivity contribution in [1.82, 2.24) is 19.5 Å². The summed E-state index contributed by atoms with van der Waals surface area (Å²) in [5, 5.41) is 3.08. The minimum absolute atomic E-state index is 0. The Labute approximate surface area is 170 Å². The van der Waals surface area contributed by atoms with E-state index in [9.17, 15) is 4.79 Å². The van der Waals surface area contributed by atoms with Gasteiger partial charge in [0.25, 0.3) is 5.56 Å². The highest BCUT2D eigenvalue weighted by Crippen LogP contribution is 2.18. The molecule has 0 unspecified atom stereocenters. The summed E-state index contributed by atoms with van der Waals surface area (Å²) in [6.07, 6.45) is 1.69. The van der Waals surface area contributed by atoms with Crippen LogP contribution in [0.2, 0.25) is 0 Å². The molecule has 1 N–H and O–H groups in total. The molecule has 4 rings (SSSR count). The highest BCUT2D eigenvalue weighted by molar-refractivity contribution is 5.85. The van der Waals surface area contributed by atoms with Crippen molar-refractivity contribution in [3.05, 3.63) is 63.2 Å². The average molecular weight is 403 g/mol. The van der Waals surface area contributed by atoms with E-state index in [1.165, 1.54) is 5.56 Å². The number of nitrogens with one attached hydrogen (secondary N) is 1. The fourth-order valence-electron chi connectivity index (χ4n) is 3.73. The standard InChI is InChI=1S/C21H26N4O2.ClH/c1-14(2)27-17-6-4-5-16(12-17)13-24-9-7-18-19(8-10-24)22-20-11-15(3)23-25(20)21(18)26;/h4-6,11-12,14,23H,7-10,13H2,1-3H3;1H. The van der Waals surface area contributed by atoms with Crippen LogP contribution in [0.25, 0.3) is 5.65 Å². The zero-order valence-electron chi connectivity index (χ0n) is 16.6. The van der Waals surface area contributed by atoms with Crippen LogP contribution in [0.3, 0.4) is 0 Å². The van der Waals surface area contributed by atoms with E-state index in [0.717, 1.165) is 55.2 Å². The molecule has 7 heteroatoms. The lowest BCUT2D eigenvalue weighted by atomic mass is 10.1. The number of fused-ring (bicyclic) bond motifs is 2. The van der Waals surface area contributed by atoms with Gasteiger partial charge in [-0.25, -0.2) is 9.50 Å². The molecular weight excluding hydrogens is 376 g/mol. The molecule has 0 amide bonds. The number of hydrogen-bond acceptors (Lipinski definition) is 4. The number of benzene rings is 1. The normalized spacial score (nSPS) is 14.6. The summed E-state index contributed by atoms with van der Waals surface area (Å²) in [5.41, 5.74) is 4.71. The van der Waals surface area contributed by atoms with Crippen LogP contribution >= 0.6 is 12.4 Å². The van der Waals surface area contributed by atoms with Gasteiger partial charge < -0.3 is 4.74 Å². The summed E-state index contributed by atoms with van der Waals surface area (Å²) < 4.78 is 7.37. The lowest BCUT2D eigenvalue weighted by Gasteiger charge is -2.20. The summed E-state index contributed by atoms with van der Waals surface area (Å²) in [7, 11) is 0. The first-order valence-electron chi connectivity index (χ1n) is 9.57. The number of hydrogen-bond donors (Lipinski definition) is 1. The maximum atomic E-state index is 12.8. The van der Waals surface area contributed by atoms with Gasteiger partial charge in [0.05, 0.1) is 11.8 Å². The predicted molar refractivity (Wildman–Crippen MR) is 113 cm³/mol. The number of aryl methyl sites for hydroxylation is 1. The van der Waals surface area contributed by atoms with E-state index in [4.69, 9.17) is 9.72 Å². The number of nitrogens with zero attached hydrogens (tertiary/aromatic N) is 3. The zero-order valence-corrected chi connectivity index (χ0v) is 17.4. The molecule has 1 aromatic carbocycles. The molecule has 1 aliphatic rings. The smallest absolute Gasteiger partial charge is 0.276 e. The minimum atomic E-state index is 0. The number of halogens is 1. The van der Waals surface area contributed by atoms with Crippen molar-refractivity contribution < 1.29 is 4.74 Å². The van der Waals surface area contributed by atoms with E-state index in [-0.39, 0.29) is 24.1 Å². The molecule has 0 aliphatic carbocycles. The lowest BCUT2D eigenvalue weighted by Crippen LogP contribution is -2.26. The van der Waals surface area contributed by atoms with Gasteiger partial charge in [-0.2, -0.15) is 0 Å². The molecule has 6 nitrogen and oxygen atoms in total. The monoisotopic (exact) mass is 402 g/mol. The van der Waals surface area contributed by atoms with Crippen LogP contribution in [0.15, 0.2) is 35.1 Å². The molecule has 0 saturated carbocycles. The van der Waals surface area contributed by atoms with Crippen molar-refractivity contribution in [3.8, 4) is 5.75 Å². The van der Waals surface area contributed by atoms with Gasteiger partial charge in [-0.1, -0.05) is 12.1 Å². The highest BCUT2D eigenvalue weighted by Gasteiger charge is 2.20. The number of H-pyrrole nitrogens is 1. The van der Waals surface area contributed by atoms with E-state index < -0.39 is 0 Å². The van der Waals surface area contributed by atoms with Crippen LogP contribution < -0.4 is 10.3 Å². The third-order valence-corrected chi connectivity index (χ3v) is 4.94. The molecule has 2 aromatic heterocycles. The van der Waals surface area contributed by atoms with E-state index in [1.807, 2.05) is 39.0 Å². The third kappa shape index (κ3) is 4.23. The van der Waals surface area contributed by atoms with Gasteiger partial charge in [0.15, 0.2) is 5.65 Å². The molecule has 150 valence electrons. The molecule has 0 spiro atoms. The van der Waals surface area contributed by atoms with Crippen LogP contribution in [0.1, 0.15) is 36.4 Å². The molecular formula is C21H27ClN4O2. The second kappa shape index (κ2) is 8.37. The van der Waals surface area contributed by atoms with Gasteiger partial charge in [-0.15, -0.1) is 12.4 Å². The molecule has 1 aliphatic heterocycles. The van der Waals surface area contributed by atoms with Gasteiger partial charge in [0.2, 0.25) is 0 Å². The van der Waals surface area contributed by atoms with E-state index >= 15 is 0 Å². The maximum absolute atomic E-state index is 12.8. The number of aromatic nitrogens is 3. The van der Waals surface area contributed by atoms with Crippen molar-refractivity contribution in [1.29, 1.82) is 0 Å². The van der Waals surface area contributed by atoms with Gasteiger partial charge in [-0.3, -0.25) is 14.8 Å². The fraction of sp³-hybridized carbons (Fsp3) is 0.429. The Bertz CT molecular complexity index is 1020. The van der Waals surface area contributed by atoms with Crippen molar-refractivity contribution in [3.63, 3.8) is 0 Å². The summed E-state index contributed by atoms with van der Waals surface area (Å²) in [6.45, 7) is 8.61. The molecule has 0 fully saturated rings. The topological polar surface area (TPSA) is 62.6 Å². The van der Waals surface area contributed by atoms with Crippen LogP contribution in [-0.4, -0.2) is 38.7 Å². The highest BCUT2D eigenvalue weighted by atomic mass is 35.5. The first-order chi connectivity index (χ1) is 13.0. The Hall–Kier alpha value is -2.31. The Kier molecular flexibility index (Phi) is 6.10. The summed E-state index contributed by atoms with van der Waals surface area (Å²) in [4.78, 5) is 19.9. The van der Waals surface area contributed by atoms with Crippen LogP contribution in [0, 0.1) is 6.92 Å². The average Bonchev–Trinajstić information content (AvgIpc) is 2.87. The van der Waals surface area contributed by atoms with Gasteiger partial charge >= 0.3 is 0 Å². The van der Waals surface area contributed by atoms with Crippen LogP contribution in [0.4, 0.5) is 0 Å². The quantitative estimate of drug-likeness (QED) is 0.728. The second-order valence-corrected chi connectivity index (χ2v) is 7.57. The molecule has 0 atom stereocenters. The fourth-order valence-corrected chi connectivity index (χ4v) is 3.73. The third-order valence-electron chi connectivity index (χ3n) is 4.94. The van der Waals surface area contributed by atoms with Crippen molar-refractivity contribution in [2.24, 2.45) is 0 Å². The Morgan fingerprint density at radius 1 is 1.21 bits per heavy atom. The summed E-state index contributed by atoms with van der Waals surface area (Å²) in [6, 6.07) is 10.2. The molecule has 3 heterocycles. The lowest BCUT2D eigenvalue weighted by molar-refractivity contribution is 0.241. The first-order valence-corrected chi connectivity index (χ1v) is 9.57. The van der Waals surface area contributed by atoms with Crippen molar-refractivity contribution >= 4 is 18.1 Å². The van der Waals surface area contributed by atoms with Gasteiger partial charge in [-0.05, 0) is 44.9 Å². The maximum Gasteiger partial charge on any atom is 0.276 e. The Morgan fingerprint density at radius 3 is 2.79 bits per heavy atom. The van der Waals surface area contributed by atoms with E-state index in [2.05, 4.69) is 22.1 Å². The largest absolute Gasteiger partial charge is 0.491 e. The van der Waals surface area contributed by atoms with E-state index in [0.29, 0.717) is 5.65 Å². The van der Waals surface area contributed by atoms with Crippen LogP contribution in [0.5, 0.6) is 5.75 Å². The van der Waals surface area contributed by atoms with E-state index in [1.54, 1.807) is 4.52 Å². The minimum Gasteiger partial charge on any atom is -0.491 e. The summed E-state index contributed by atoms with van der Waals surface area (Å²) in [5.74, 6) is 0.908. The zero-order chi connectivity index (χ0) is 19.0. The molecule has 0 radical (unpaired) electrons. The predicted octanol–water partition coefficient (Wildman–Crippen LogP) is 3.14. The van der Waals surface area contributed by atoms with Gasteiger partial charge in [0.1, 0.15) is 5.75 Å².